The van der Waals surface area contributed by atoms with Crippen LogP contribution in [-0.4, -0.2) is 12.9 Å². The number of benzene rings is 1. The van der Waals surface area contributed by atoms with Crippen LogP contribution in [0.1, 0.15) is 44.0 Å². The average molecular weight is 255 g/mol. The van der Waals surface area contributed by atoms with Gasteiger partial charge in [-0.05, 0) is 30.0 Å². The average Bonchev–Trinajstić information content (AvgIpc) is 2.25. The Hall–Kier alpha value is -1.02. The van der Waals surface area contributed by atoms with Crippen LogP contribution in [0.2, 0.25) is 5.02 Å². The first-order valence-corrected chi connectivity index (χ1v) is 6.08. The van der Waals surface area contributed by atoms with Gasteiger partial charge in [0.05, 0.1) is 12.7 Å². The van der Waals surface area contributed by atoms with E-state index in [2.05, 4.69) is 20.8 Å². The topological polar surface area (TPSA) is 26.3 Å². The van der Waals surface area contributed by atoms with E-state index in [0.717, 1.165) is 6.42 Å². The first-order chi connectivity index (χ1) is 7.83. The molecule has 0 atom stereocenters. The molecule has 0 saturated heterocycles. The molecule has 1 aromatic rings. The van der Waals surface area contributed by atoms with Crippen molar-refractivity contribution in [2.75, 3.05) is 7.11 Å². The number of hydrogen-bond acceptors (Lipinski definition) is 2. The van der Waals surface area contributed by atoms with Crippen molar-refractivity contribution in [3.8, 4) is 5.75 Å². The second-order valence-electron chi connectivity index (χ2n) is 5.33. The van der Waals surface area contributed by atoms with Crippen LogP contribution in [0.5, 0.6) is 5.75 Å². The molecule has 0 bridgehead atoms. The van der Waals surface area contributed by atoms with E-state index in [1.54, 1.807) is 25.3 Å². The van der Waals surface area contributed by atoms with Crippen molar-refractivity contribution in [2.24, 2.45) is 5.41 Å². The lowest BCUT2D eigenvalue weighted by Crippen LogP contribution is -2.10. The number of carbonyl (C=O) groups excluding carboxylic acids is 1. The largest absolute Gasteiger partial charge is 0.496 e. The van der Waals surface area contributed by atoms with Crippen LogP contribution in [0.4, 0.5) is 0 Å². The summed E-state index contributed by atoms with van der Waals surface area (Å²) in [6.45, 7) is 6.36. The highest BCUT2D eigenvalue weighted by Crippen LogP contribution is 2.27. The Morgan fingerprint density at radius 3 is 2.53 bits per heavy atom. The minimum Gasteiger partial charge on any atom is -0.496 e. The van der Waals surface area contributed by atoms with Crippen molar-refractivity contribution in [3.05, 3.63) is 28.8 Å². The Morgan fingerprint density at radius 2 is 2.00 bits per heavy atom. The summed E-state index contributed by atoms with van der Waals surface area (Å²) in [5.41, 5.74) is 0.728. The van der Waals surface area contributed by atoms with Crippen LogP contribution in [0.25, 0.3) is 0 Å². The van der Waals surface area contributed by atoms with E-state index in [1.165, 1.54) is 0 Å². The molecular formula is C14H19ClO2. The van der Waals surface area contributed by atoms with Gasteiger partial charge >= 0.3 is 0 Å². The van der Waals surface area contributed by atoms with Gasteiger partial charge in [-0.25, -0.2) is 0 Å². The molecule has 2 nitrogen and oxygen atoms in total. The van der Waals surface area contributed by atoms with E-state index in [9.17, 15) is 4.79 Å². The van der Waals surface area contributed by atoms with Crippen molar-refractivity contribution in [3.63, 3.8) is 0 Å². The van der Waals surface area contributed by atoms with Gasteiger partial charge in [-0.15, -0.1) is 0 Å². The first-order valence-electron chi connectivity index (χ1n) is 5.70. The lowest BCUT2D eigenvalue weighted by Gasteiger charge is -2.17. The van der Waals surface area contributed by atoms with Crippen molar-refractivity contribution in [1.29, 1.82) is 0 Å². The molecule has 0 saturated carbocycles. The number of ether oxygens (including phenoxy) is 1. The van der Waals surface area contributed by atoms with Gasteiger partial charge in [-0.1, -0.05) is 32.4 Å². The van der Waals surface area contributed by atoms with Gasteiger partial charge < -0.3 is 4.74 Å². The standard InChI is InChI=1S/C14H19ClO2/c1-14(2,3)8-7-12(16)11-9-10(15)5-6-13(11)17-4/h5-6,9H,7-8H2,1-4H3. The molecule has 0 amide bonds. The zero-order valence-electron chi connectivity index (χ0n) is 10.8. The van der Waals surface area contributed by atoms with Gasteiger partial charge in [0, 0.05) is 11.4 Å². The fourth-order valence-corrected chi connectivity index (χ4v) is 1.69. The third kappa shape index (κ3) is 4.39. The zero-order valence-corrected chi connectivity index (χ0v) is 11.6. The molecule has 0 spiro atoms. The van der Waals surface area contributed by atoms with Crippen LogP contribution in [0, 0.1) is 5.41 Å². The lowest BCUT2D eigenvalue weighted by molar-refractivity contribution is 0.0963. The van der Waals surface area contributed by atoms with Crippen molar-refractivity contribution in [2.45, 2.75) is 33.6 Å². The summed E-state index contributed by atoms with van der Waals surface area (Å²) in [5.74, 6) is 0.674. The molecule has 0 fully saturated rings. The minimum absolute atomic E-state index is 0.0827. The van der Waals surface area contributed by atoms with Crippen molar-refractivity contribution < 1.29 is 9.53 Å². The normalized spacial score (nSPS) is 11.4. The summed E-state index contributed by atoms with van der Waals surface area (Å²) in [6, 6.07) is 5.12. The summed E-state index contributed by atoms with van der Waals surface area (Å²) >= 11 is 5.90. The van der Waals surface area contributed by atoms with Crippen molar-refractivity contribution in [1.82, 2.24) is 0 Å². The number of halogens is 1. The molecule has 0 aliphatic heterocycles. The SMILES string of the molecule is COc1ccc(Cl)cc1C(=O)CCC(C)(C)C. The first kappa shape index (κ1) is 14.0. The molecular weight excluding hydrogens is 236 g/mol. The molecule has 0 radical (unpaired) electrons. The predicted octanol–water partition coefficient (Wildman–Crippen LogP) is 4.36. The maximum Gasteiger partial charge on any atom is 0.166 e. The van der Waals surface area contributed by atoms with E-state index < -0.39 is 0 Å². The number of methoxy groups -OCH3 is 1. The van der Waals surface area contributed by atoms with E-state index in [-0.39, 0.29) is 11.2 Å². The predicted molar refractivity (Wildman–Crippen MR) is 71.0 cm³/mol. The van der Waals surface area contributed by atoms with Gasteiger partial charge in [0.2, 0.25) is 0 Å². The van der Waals surface area contributed by atoms with E-state index in [4.69, 9.17) is 16.3 Å². The smallest absolute Gasteiger partial charge is 0.166 e. The molecule has 17 heavy (non-hydrogen) atoms. The third-order valence-corrected chi connectivity index (χ3v) is 2.80. The number of carbonyl (C=O) groups is 1. The minimum atomic E-state index is 0.0827. The quantitative estimate of drug-likeness (QED) is 0.747. The van der Waals surface area contributed by atoms with Crippen molar-refractivity contribution >= 4 is 17.4 Å². The van der Waals surface area contributed by atoms with Gasteiger partial charge in [0.15, 0.2) is 5.78 Å². The highest BCUT2D eigenvalue weighted by atomic mass is 35.5. The number of hydrogen-bond donors (Lipinski definition) is 0. The Balaban J connectivity index is 2.84. The van der Waals surface area contributed by atoms with E-state index in [1.807, 2.05) is 0 Å². The van der Waals surface area contributed by atoms with Gasteiger partial charge in [-0.2, -0.15) is 0 Å². The number of Topliss-reactive ketones (excluding diaryl/α,β-unsaturated/α-hetero) is 1. The maximum atomic E-state index is 12.1. The van der Waals surface area contributed by atoms with Crippen LogP contribution >= 0.6 is 11.6 Å². The van der Waals surface area contributed by atoms with E-state index in [0.29, 0.717) is 22.8 Å². The van der Waals surface area contributed by atoms with Crippen LogP contribution < -0.4 is 4.74 Å². The molecule has 0 heterocycles. The second kappa shape index (κ2) is 5.54. The summed E-state index contributed by atoms with van der Waals surface area (Å²) in [4.78, 5) is 12.1. The number of rotatable bonds is 4. The Morgan fingerprint density at radius 1 is 1.35 bits per heavy atom. The summed E-state index contributed by atoms with van der Waals surface area (Å²) < 4.78 is 5.17. The highest BCUT2D eigenvalue weighted by Gasteiger charge is 2.17. The van der Waals surface area contributed by atoms with Crippen LogP contribution in [-0.2, 0) is 0 Å². The summed E-state index contributed by atoms with van der Waals surface area (Å²) in [6.07, 6.45) is 1.36. The fourth-order valence-electron chi connectivity index (χ4n) is 1.52. The van der Waals surface area contributed by atoms with Gasteiger partial charge in [0.25, 0.3) is 0 Å². The Kier molecular flexibility index (Phi) is 4.58. The monoisotopic (exact) mass is 254 g/mol. The van der Waals surface area contributed by atoms with Crippen LogP contribution in [0.15, 0.2) is 18.2 Å². The summed E-state index contributed by atoms with van der Waals surface area (Å²) in [5, 5.41) is 0.560. The molecule has 3 heteroatoms. The maximum absolute atomic E-state index is 12.1. The highest BCUT2D eigenvalue weighted by molar-refractivity contribution is 6.31. The number of ketones is 1. The Labute approximate surface area is 108 Å². The van der Waals surface area contributed by atoms with E-state index >= 15 is 0 Å². The molecule has 0 aromatic heterocycles. The third-order valence-electron chi connectivity index (χ3n) is 2.56. The molecule has 94 valence electrons. The molecule has 1 rings (SSSR count). The molecule has 0 aliphatic rings. The molecule has 0 unspecified atom stereocenters. The molecule has 0 aliphatic carbocycles. The zero-order chi connectivity index (χ0) is 13.1. The molecule has 0 N–H and O–H groups in total. The van der Waals surface area contributed by atoms with Gasteiger partial charge in [-0.3, -0.25) is 4.79 Å². The Bertz CT molecular complexity index is 405. The summed E-state index contributed by atoms with van der Waals surface area (Å²) in [7, 11) is 1.56. The van der Waals surface area contributed by atoms with Crippen LogP contribution in [0.3, 0.4) is 0 Å². The van der Waals surface area contributed by atoms with Gasteiger partial charge in [0.1, 0.15) is 5.75 Å². The molecule has 1 aromatic carbocycles. The fraction of sp³-hybridized carbons (Fsp3) is 0.500. The second-order valence-corrected chi connectivity index (χ2v) is 5.76. The lowest BCUT2D eigenvalue weighted by atomic mass is 9.88.